The van der Waals surface area contributed by atoms with Gasteiger partial charge in [0, 0.05) is 19.5 Å². The van der Waals surface area contributed by atoms with E-state index in [-0.39, 0.29) is 18.4 Å². The van der Waals surface area contributed by atoms with Crippen LogP contribution in [0.4, 0.5) is 5.82 Å². The molecule has 1 fully saturated rings. The first kappa shape index (κ1) is 17.5. The summed E-state index contributed by atoms with van der Waals surface area (Å²) in [6.45, 7) is 1.79. The molecule has 0 atom stereocenters. The maximum atomic E-state index is 12.1. The number of aromatic nitrogens is 1. The quantitative estimate of drug-likeness (QED) is 0.837. The van der Waals surface area contributed by atoms with Crippen molar-refractivity contribution in [2.75, 3.05) is 18.9 Å². The summed E-state index contributed by atoms with van der Waals surface area (Å²) in [6.07, 6.45) is 9.21. The zero-order valence-electron chi connectivity index (χ0n) is 14.1. The van der Waals surface area contributed by atoms with Gasteiger partial charge in [0.05, 0.1) is 6.54 Å². The van der Waals surface area contributed by atoms with E-state index in [9.17, 15) is 9.59 Å². The molecule has 1 aromatic rings. The number of rotatable bonds is 7. The molecule has 1 aliphatic carbocycles. The third-order valence-electron chi connectivity index (χ3n) is 4.43. The van der Waals surface area contributed by atoms with Crippen molar-refractivity contribution in [1.82, 2.24) is 10.1 Å². The van der Waals surface area contributed by atoms with Crippen molar-refractivity contribution in [1.29, 1.82) is 0 Å². The number of likely N-dealkylation sites (N-methyl/N-ethyl adjacent to an activating group) is 1. The lowest BCUT2D eigenvalue weighted by atomic mass is 9.86. The van der Waals surface area contributed by atoms with Gasteiger partial charge in [-0.15, -0.1) is 0 Å². The minimum absolute atomic E-state index is 0.0206. The van der Waals surface area contributed by atoms with Gasteiger partial charge in [0.2, 0.25) is 11.8 Å². The van der Waals surface area contributed by atoms with Crippen molar-refractivity contribution >= 4 is 17.6 Å². The highest BCUT2D eigenvalue weighted by atomic mass is 16.5. The van der Waals surface area contributed by atoms with Crippen LogP contribution in [0.1, 0.15) is 57.1 Å². The highest BCUT2D eigenvalue weighted by Gasteiger charge is 2.16. The van der Waals surface area contributed by atoms with Crippen LogP contribution in [0.2, 0.25) is 0 Å². The number of carbonyl (C=O) groups excluding carboxylic acids is 2. The zero-order valence-corrected chi connectivity index (χ0v) is 14.1. The molecule has 6 heteroatoms. The Hall–Kier alpha value is -1.85. The smallest absolute Gasteiger partial charge is 0.245 e. The van der Waals surface area contributed by atoms with Crippen molar-refractivity contribution in [3.8, 4) is 0 Å². The largest absolute Gasteiger partial charge is 0.360 e. The van der Waals surface area contributed by atoms with Gasteiger partial charge in [-0.25, -0.2) is 0 Å². The van der Waals surface area contributed by atoms with Crippen LogP contribution in [-0.2, 0) is 9.59 Å². The second kappa shape index (κ2) is 8.70. The second-order valence-electron chi connectivity index (χ2n) is 6.52. The Morgan fingerprint density at radius 2 is 2.09 bits per heavy atom. The van der Waals surface area contributed by atoms with Crippen molar-refractivity contribution in [3.05, 3.63) is 11.8 Å². The second-order valence-corrected chi connectivity index (χ2v) is 6.52. The molecule has 1 aromatic heterocycles. The Labute approximate surface area is 137 Å². The average Bonchev–Trinajstić information content (AvgIpc) is 2.93. The number of amides is 2. The lowest BCUT2D eigenvalue weighted by molar-refractivity contribution is -0.133. The molecule has 0 aliphatic heterocycles. The van der Waals surface area contributed by atoms with Crippen LogP contribution in [0.3, 0.4) is 0 Å². The zero-order chi connectivity index (χ0) is 16.7. The Kier molecular flexibility index (Phi) is 6.62. The van der Waals surface area contributed by atoms with Crippen LogP contribution in [0, 0.1) is 12.8 Å². The van der Waals surface area contributed by atoms with E-state index in [1.807, 2.05) is 0 Å². The number of carbonyl (C=O) groups is 2. The van der Waals surface area contributed by atoms with E-state index < -0.39 is 0 Å². The van der Waals surface area contributed by atoms with Crippen molar-refractivity contribution < 1.29 is 14.1 Å². The van der Waals surface area contributed by atoms with Gasteiger partial charge in [0.1, 0.15) is 5.76 Å². The Morgan fingerprint density at radius 1 is 1.35 bits per heavy atom. The minimum Gasteiger partial charge on any atom is -0.360 e. The topological polar surface area (TPSA) is 75.4 Å². The van der Waals surface area contributed by atoms with Gasteiger partial charge < -0.3 is 14.7 Å². The van der Waals surface area contributed by atoms with E-state index in [4.69, 9.17) is 4.52 Å². The summed E-state index contributed by atoms with van der Waals surface area (Å²) in [6, 6.07) is 1.64. The highest BCUT2D eigenvalue weighted by molar-refractivity contribution is 5.93. The first-order valence-electron chi connectivity index (χ1n) is 8.51. The van der Waals surface area contributed by atoms with Gasteiger partial charge in [0.25, 0.3) is 0 Å². The van der Waals surface area contributed by atoms with E-state index in [0.717, 1.165) is 18.8 Å². The summed E-state index contributed by atoms with van der Waals surface area (Å²) < 4.78 is 4.88. The molecule has 0 aromatic carbocycles. The molecule has 6 nitrogen and oxygen atoms in total. The highest BCUT2D eigenvalue weighted by Crippen LogP contribution is 2.27. The number of hydrogen-bond acceptors (Lipinski definition) is 4. The lowest BCUT2D eigenvalue weighted by Gasteiger charge is -2.22. The molecule has 23 heavy (non-hydrogen) atoms. The lowest BCUT2D eigenvalue weighted by Crippen LogP contribution is -2.34. The third-order valence-corrected chi connectivity index (χ3v) is 4.43. The average molecular weight is 321 g/mol. The van der Waals surface area contributed by atoms with E-state index in [1.54, 1.807) is 20.0 Å². The van der Waals surface area contributed by atoms with Crippen LogP contribution >= 0.6 is 0 Å². The number of aryl methyl sites for hydroxylation is 1. The van der Waals surface area contributed by atoms with E-state index in [2.05, 4.69) is 10.5 Å². The number of hydrogen-bond donors (Lipinski definition) is 1. The first-order valence-corrected chi connectivity index (χ1v) is 8.51. The molecule has 2 rings (SSSR count). The van der Waals surface area contributed by atoms with Gasteiger partial charge in [-0.2, -0.15) is 0 Å². The maximum Gasteiger partial charge on any atom is 0.245 e. The molecule has 0 saturated heterocycles. The SMILES string of the molecule is Cc1cc(NC(=O)CN(C)C(=O)CCCC2CCCCC2)no1. The molecular weight excluding hydrogens is 294 g/mol. The summed E-state index contributed by atoms with van der Waals surface area (Å²) >= 11 is 0. The van der Waals surface area contributed by atoms with Crippen LogP contribution in [0.15, 0.2) is 10.6 Å². The van der Waals surface area contributed by atoms with Crippen LogP contribution in [-0.4, -0.2) is 35.5 Å². The van der Waals surface area contributed by atoms with Gasteiger partial charge >= 0.3 is 0 Å². The standard InChI is InChI=1S/C17H27N3O3/c1-13-11-15(19-23-13)18-16(21)12-20(2)17(22)10-6-9-14-7-4-3-5-8-14/h11,14H,3-10,12H2,1-2H3,(H,18,19,21). The Bertz CT molecular complexity index is 521. The van der Waals surface area contributed by atoms with E-state index in [0.29, 0.717) is 18.0 Å². The van der Waals surface area contributed by atoms with Crippen molar-refractivity contribution in [2.24, 2.45) is 5.92 Å². The van der Waals surface area contributed by atoms with Crippen LogP contribution < -0.4 is 5.32 Å². The fraction of sp³-hybridized carbons (Fsp3) is 0.706. The maximum absolute atomic E-state index is 12.1. The van der Waals surface area contributed by atoms with E-state index in [1.165, 1.54) is 37.0 Å². The molecule has 0 bridgehead atoms. The summed E-state index contributed by atoms with van der Waals surface area (Å²) in [5, 5.41) is 6.32. The monoisotopic (exact) mass is 321 g/mol. The van der Waals surface area contributed by atoms with Gasteiger partial charge in [0.15, 0.2) is 5.82 Å². The summed E-state index contributed by atoms with van der Waals surface area (Å²) in [5.74, 6) is 1.56. The molecule has 0 unspecified atom stereocenters. The predicted octanol–water partition coefficient (Wildman–Crippen LogP) is 3.13. The molecule has 0 spiro atoms. The third kappa shape index (κ3) is 6.04. The number of nitrogens with zero attached hydrogens (tertiary/aromatic N) is 2. The Morgan fingerprint density at radius 3 is 2.74 bits per heavy atom. The van der Waals surface area contributed by atoms with Gasteiger partial charge in [-0.3, -0.25) is 9.59 Å². The fourth-order valence-corrected chi connectivity index (χ4v) is 3.12. The van der Waals surface area contributed by atoms with E-state index >= 15 is 0 Å². The number of nitrogens with one attached hydrogen (secondary N) is 1. The summed E-state index contributed by atoms with van der Waals surface area (Å²) in [4.78, 5) is 25.4. The molecule has 1 N–H and O–H groups in total. The minimum atomic E-state index is -0.263. The van der Waals surface area contributed by atoms with Gasteiger partial charge in [-0.05, 0) is 25.7 Å². The van der Waals surface area contributed by atoms with Gasteiger partial charge in [-0.1, -0.05) is 37.3 Å². The molecule has 1 heterocycles. The molecule has 1 saturated carbocycles. The first-order chi connectivity index (χ1) is 11.0. The Balaban J connectivity index is 1.64. The normalized spacial score (nSPS) is 15.4. The number of anilines is 1. The molecular formula is C17H27N3O3. The molecule has 2 amide bonds. The van der Waals surface area contributed by atoms with Crippen molar-refractivity contribution in [2.45, 2.75) is 58.3 Å². The predicted molar refractivity (Wildman–Crippen MR) is 87.9 cm³/mol. The fourth-order valence-electron chi connectivity index (χ4n) is 3.12. The molecule has 0 radical (unpaired) electrons. The summed E-state index contributed by atoms with van der Waals surface area (Å²) in [5.41, 5.74) is 0. The van der Waals surface area contributed by atoms with Crippen LogP contribution in [0.25, 0.3) is 0 Å². The van der Waals surface area contributed by atoms with Crippen molar-refractivity contribution in [3.63, 3.8) is 0 Å². The molecule has 1 aliphatic rings. The molecule has 128 valence electrons. The summed E-state index contributed by atoms with van der Waals surface area (Å²) in [7, 11) is 1.66. The van der Waals surface area contributed by atoms with Crippen LogP contribution in [0.5, 0.6) is 0 Å².